The number of aliphatic hydroxyl groups excluding tert-OH is 1. The van der Waals surface area contributed by atoms with E-state index < -0.39 is 0 Å². The topological polar surface area (TPSA) is 49.8 Å². The fraction of sp³-hybridized carbons (Fsp3) is 0.462. The lowest BCUT2D eigenvalue weighted by Crippen LogP contribution is -2.45. The molecule has 1 heterocycles. The summed E-state index contributed by atoms with van der Waals surface area (Å²) in [7, 11) is 0. The smallest absolute Gasteiger partial charge is 0.176 e. The molecule has 1 saturated heterocycles. The molecule has 0 spiro atoms. The standard InChI is InChI=1S/C13H16BrNO3/c14-11-3-1-10(2-4-11)13(17)8-15-5-6-18-12(7-15)9-16/h1-4,12,16H,5-9H2. The molecule has 98 valence electrons. The Balaban J connectivity index is 1.92. The van der Waals surface area contributed by atoms with Gasteiger partial charge in [0.2, 0.25) is 0 Å². The van der Waals surface area contributed by atoms with Gasteiger partial charge in [-0.1, -0.05) is 28.1 Å². The molecule has 1 atom stereocenters. The maximum Gasteiger partial charge on any atom is 0.176 e. The van der Waals surface area contributed by atoms with Gasteiger partial charge in [0.25, 0.3) is 0 Å². The lowest BCUT2D eigenvalue weighted by atomic mass is 10.1. The van der Waals surface area contributed by atoms with Gasteiger partial charge in [0.1, 0.15) is 0 Å². The average molecular weight is 314 g/mol. The molecule has 0 aliphatic carbocycles. The Hall–Kier alpha value is -0.750. The number of carbonyl (C=O) groups excluding carboxylic acids is 1. The predicted molar refractivity (Wildman–Crippen MR) is 71.7 cm³/mol. The van der Waals surface area contributed by atoms with E-state index in [-0.39, 0.29) is 18.5 Å². The fourth-order valence-corrected chi connectivity index (χ4v) is 2.23. The molecule has 0 radical (unpaired) electrons. The van der Waals surface area contributed by atoms with Crippen molar-refractivity contribution in [1.29, 1.82) is 0 Å². The summed E-state index contributed by atoms with van der Waals surface area (Å²) >= 11 is 3.34. The van der Waals surface area contributed by atoms with Crippen LogP contribution in [0.4, 0.5) is 0 Å². The first kappa shape index (κ1) is 13.7. The van der Waals surface area contributed by atoms with Gasteiger partial charge in [-0.05, 0) is 12.1 Å². The zero-order chi connectivity index (χ0) is 13.0. The second-order valence-electron chi connectivity index (χ2n) is 4.34. The molecule has 2 rings (SSSR count). The molecule has 1 aliphatic heterocycles. The Morgan fingerprint density at radius 1 is 1.44 bits per heavy atom. The lowest BCUT2D eigenvalue weighted by Gasteiger charge is -2.31. The summed E-state index contributed by atoms with van der Waals surface area (Å²) in [6, 6.07) is 7.36. The normalized spacial score (nSPS) is 20.9. The van der Waals surface area contributed by atoms with Crippen LogP contribution in [-0.4, -0.2) is 54.7 Å². The largest absolute Gasteiger partial charge is 0.394 e. The molecule has 0 aromatic heterocycles. The van der Waals surface area contributed by atoms with E-state index in [1.807, 2.05) is 29.2 Å². The van der Waals surface area contributed by atoms with Gasteiger partial charge in [0.05, 0.1) is 25.9 Å². The monoisotopic (exact) mass is 313 g/mol. The van der Waals surface area contributed by atoms with E-state index in [1.54, 1.807) is 0 Å². The molecule has 4 nitrogen and oxygen atoms in total. The third-order valence-corrected chi connectivity index (χ3v) is 3.49. The number of halogens is 1. The number of ketones is 1. The minimum atomic E-state index is -0.170. The summed E-state index contributed by atoms with van der Waals surface area (Å²) in [5.74, 6) is 0.0982. The van der Waals surface area contributed by atoms with Crippen LogP contribution in [0.2, 0.25) is 0 Å². The highest BCUT2D eigenvalue weighted by atomic mass is 79.9. The van der Waals surface area contributed by atoms with Crippen molar-refractivity contribution < 1.29 is 14.6 Å². The van der Waals surface area contributed by atoms with Gasteiger partial charge >= 0.3 is 0 Å². The second kappa shape index (κ2) is 6.43. The van der Waals surface area contributed by atoms with Crippen LogP contribution < -0.4 is 0 Å². The predicted octanol–water partition coefficient (Wildman–Crippen LogP) is 1.32. The highest BCUT2D eigenvalue weighted by Gasteiger charge is 2.21. The van der Waals surface area contributed by atoms with Crippen LogP contribution in [0.3, 0.4) is 0 Å². The molecular formula is C13H16BrNO3. The minimum Gasteiger partial charge on any atom is -0.394 e. The first-order valence-electron chi connectivity index (χ1n) is 5.92. The molecule has 1 unspecified atom stereocenters. The summed E-state index contributed by atoms with van der Waals surface area (Å²) in [6.07, 6.45) is -0.170. The summed E-state index contributed by atoms with van der Waals surface area (Å²) in [5, 5.41) is 9.05. The number of hydrogen-bond acceptors (Lipinski definition) is 4. The van der Waals surface area contributed by atoms with Gasteiger partial charge in [-0.25, -0.2) is 0 Å². The first-order chi connectivity index (χ1) is 8.69. The Labute approximate surface area is 115 Å². The van der Waals surface area contributed by atoms with Crippen LogP contribution in [0.5, 0.6) is 0 Å². The number of nitrogens with zero attached hydrogens (tertiary/aromatic N) is 1. The molecule has 0 amide bonds. The number of morpholine rings is 1. The number of aliphatic hydroxyl groups is 1. The van der Waals surface area contributed by atoms with Crippen molar-refractivity contribution in [3.8, 4) is 0 Å². The van der Waals surface area contributed by atoms with Gasteiger partial charge < -0.3 is 9.84 Å². The molecule has 1 N–H and O–H groups in total. The van der Waals surface area contributed by atoms with Crippen molar-refractivity contribution in [2.24, 2.45) is 0 Å². The van der Waals surface area contributed by atoms with Crippen LogP contribution in [0.25, 0.3) is 0 Å². The maximum atomic E-state index is 12.1. The van der Waals surface area contributed by atoms with Crippen LogP contribution >= 0.6 is 15.9 Å². The number of Topliss-reactive ketones (excluding diaryl/α,β-unsaturated/α-hetero) is 1. The molecule has 18 heavy (non-hydrogen) atoms. The van der Waals surface area contributed by atoms with Crippen LogP contribution in [0.15, 0.2) is 28.7 Å². The molecular weight excluding hydrogens is 298 g/mol. The SMILES string of the molecule is O=C(CN1CCOC(CO)C1)c1ccc(Br)cc1. The quantitative estimate of drug-likeness (QED) is 0.852. The zero-order valence-electron chi connectivity index (χ0n) is 10.0. The number of hydrogen-bond donors (Lipinski definition) is 1. The molecule has 5 heteroatoms. The Morgan fingerprint density at radius 3 is 2.83 bits per heavy atom. The fourth-order valence-electron chi connectivity index (χ4n) is 1.96. The highest BCUT2D eigenvalue weighted by molar-refractivity contribution is 9.10. The van der Waals surface area contributed by atoms with Crippen LogP contribution in [0, 0.1) is 0 Å². The van der Waals surface area contributed by atoms with E-state index in [4.69, 9.17) is 9.84 Å². The maximum absolute atomic E-state index is 12.1. The number of rotatable bonds is 4. The summed E-state index contributed by atoms with van der Waals surface area (Å²) in [6.45, 7) is 2.29. The summed E-state index contributed by atoms with van der Waals surface area (Å²) < 4.78 is 6.31. The average Bonchev–Trinajstić information content (AvgIpc) is 2.39. The number of ether oxygens (including phenoxy) is 1. The van der Waals surface area contributed by atoms with Crippen molar-refractivity contribution in [3.63, 3.8) is 0 Å². The number of benzene rings is 1. The first-order valence-corrected chi connectivity index (χ1v) is 6.72. The zero-order valence-corrected chi connectivity index (χ0v) is 11.6. The van der Waals surface area contributed by atoms with E-state index >= 15 is 0 Å². The van der Waals surface area contributed by atoms with Gasteiger partial charge in [0.15, 0.2) is 5.78 Å². The third-order valence-electron chi connectivity index (χ3n) is 2.96. The van der Waals surface area contributed by atoms with Gasteiger partial charge in [-0.15, -0.1) is 0 Å². The molecule has 1 aromatic carbocycles. The van der Waals surface area contributed by atoms with Crippen molar-refractivity contribution in [2.75, 3.05) is 32.8 Å². The number of carbonyl (C=O) groups is 1. The van der Waals surface area contributed by atoms with Gasteiger partial charge in [0, 0.05) is 23.1 Å². The Bertz CT molecular complexity index is 407. The molecule has 0 saturated carbocycles. The van der Waals surface area contributed by atoms with Crippen LogP contribution in [0.1, 0.15) is 10.4 Å². The Morgan fingerprint density at radius 2 is 2.17 bits per heavy atom. The molecule has 1 aliphatic rings. The lowest BCUT2D eigenvalue weighted by molar-refractivity contribution is -0.0503. The van der Waals surface area contributed by atoms with Crippen molar-refractivity contribution in [3.05, 3.63) is 34.3 Å². The molecule has 1 aromatic rings. The summed E-state index contributed by atoms with van der Waals surface area (Å²) in [4.78, 5) is 14.1. The van der Waals surface area contributed by atoms with Crippen molar-refractivity contribution in [2.45, 2.75) is 6.10 Å². The van der Waals surface area contributed by atoms with E-state index in [0.717, 1.165) is 11.0 Å². The van der Waals surface area contributed by atoms with E-state index in [2.05, 4.69) is 15.9 Å². The molecule has 1 fully saturated rings. The molecule has 0 bridgehead atoms. The van der Waals surface area contributed by atoms with Crippen molar-refractivity contribution in [1.82, 2.24) is 4.90 Å². The highest BCUT2D eigenvalue weighted by Crippen LogP contribution is 2.12. The second-order valence-corrected chi connectivity index (χ2v) is 5.26. The summed E-state index contributed by atoms with van der Waals surface area (Å²) in [5.41, 5.74) is 0.713. The Kier molecular flexibility index (Phi) is 4.88. The third kappa shape index (κ3) is 3.62. The van der Waals surface area contributed by atoms with Crippen LogP contribution in [-0.2, 0) is 4.74 Å². The van der Waals surface area contributed by atoms with Gasteiger partial charge in [-0.2, -0.15) is 0 Å². The van der Waals surface area contributed by atoms with E-state index in [1.165, 1.54) is 0 Å². The van der Waals surface area contributed by atoms with E-state index in [0.29, 0.717) is 25.3 Å². The van der Waals surface area contributed by atoms with Crippen molar-refractivity contribution >= 4 is 21.7 Å². The van der Waals surface area contributed by atoms with E-state index in [9.17, 15) is 4.79 Å². The van der Waals surface area contributed by atoms with Gasteiger partial charge in [-0.3, -0.25) is 9.69 Å². The minimum absolute atomic E-state index is 0.00295.